The van der Waals surface area contributed by atoms with Crippen LogP contribution in [0.5, 0.6) is 5.75 Å². The molecule has 1 fully saturated rings. The number of hydrogen-bond acceptors (Lipinski definition) is 5. The highest BCUT2D eigenvalue weighted by Crippen LogP contribution is 2.21. The van der Waals surface area contributed by atoms with E-state index >= 15 is 0 Å². The molecule has 6 nitrogen and oxygen atoms in total. The Morgan fingerprint density at radius 3 is 1.94 bits per heavy atom. The summed E-state index contributed by atoms with van der Waals surface area (Å²) in [6, 6.07) is 21.5. The van der Waals surface area contributed by atoms with Crippen molar-refractivity contribution in [1.82, 2.24) is 4.31 Å². The maximum atomic E-state index is 12.6. The van der Waals surface area contributed by atoms with Crippen LogP contribution in [0.15, 0.2) is 83.8 Å². The number of carbonyl (C=O) groups is 2. The first-order valence-electron chi connectivity index (χ1n) is 10.4. The summed E-state index contributed by atoms with van der Waals surface area (Å²) in [7, 11) is -3.50. The molecule has 0 aromatic heterocycles. The van der Waals surface area contributed by atoms with Crippen molar-refractivity contribution in [3.05, 3.63) is 95.6 Å². The fourth-order valence-electron chi connectivity index (χ4n) is 3.58. The van der Waals surface area contributed by atoms with Crippen molar-refractivity contribution in [3.8, 4) is 5.75 Å². The van der Waals surface area contributed by atoms with Crippen LogP contribution in [-0.2, 0) is 10.0 Å². The first-order valence-corrected chi connectivity index (χ1v) is 11.9. The number of benzene rings is 3. The first kappa shape index (κ1) is 21.9. The van der Waals surface area contributed by atoms with Crippen LogP contribution in [0.25, 0.3) is 0 Å². The Morgan fingerprint density at radius 2 is 1.31 bits per heavy atom. The summed E-state index contributed by atoms with van der Waals surface area (Å²) < 4.78 is 32.2. The molecule has 1 aliphatic rings. The molecule has 1 aliphatic heterocycles. The zero-order chi connectivity index (χ0) is 22.6. The maximum Gasteiger partial charge on any atom is 0.243 e. The zero-order valence-corrected chi connectivity index (χ0v) is 18.3. The van der Waals surface area contributed by atoms with Crippen molar-refractivity contribution in [1.29, 1.82) is 0 Å². The third kappa shape index (κ3) is 4.79. The van der Waals surface area contributed by atoms with E-state index in [9.17, 15) is 18.0 Å². The molecule has 4 rings (SSSR count). The van der Waals surface area contributed by atoms with E-state index in [0.717, 1.165) is 12.8 Å². The lowest BCUT2D eigenvalue weighted by molar-refractivity contribution is 0.0920. The van der Waals surface area contributed by atoms with Crippen molar-refractivity contribution < 1.29 is 22.7 Å². The van der Waals surface area contributed by atoms with Crippen molar-refractivity contribution in [2.45, 2.75) is 17.7 Å². The first-order chi connectivity index (χ1) is 15.4. The Labute approximate surface area is 187 Å². The van der Waals surface area contributed by atoms with Gasteiger partial charge in [0.15, 0.2) is 18.2 Å². The van der Waals surface area contributed by atoms with Gasteiger partial charge < -0.3 is 4.74 Å². The fourth-order valence-corrected chi connectivity index (χ4v) is 5.10. The van der Waals surface area contributed by atoms with Crippen LogP contribution < -0.4 is 4.74 Å². The highest BCUT2D eigenvalue weighted by atomic mass is 32.2. The number of hydrogen-bond donors (Lipinski definition) is 0. The van der Waals surface area contributed by atoms with Gasteiger partial charge in [-0.15, -0.1) is 0 Å². The van der Waals surface area contributed by atoms with Gasteiger partial charge >= 0.3 is 0 Å². The third-order valence-corrected chi connectivity index (χ3v) is 7.31. The molecule has 3 aromatic rings. The van der Waals surface area contributed by atoms with Gasteiger partial charge in [-0.2, -0.15) is 4.31 Å². The standard InChI is InChI=1S/C25H23NO5S/c27-24(19-10-14-23(15-11-19)32(29,30)26-16-4-5-17-26)18-31-22-12-8-21(9-13-22)25(28)20-6-2-1-3-7-20/h1-3,6-15H,4-5,16-18H2. The molecule has 164 valence electrons. The number of nitrogens with zero attached hydrogens (tertiary/aromatic N) is 1. The number of sulfonamides is 1. The molecule has 32 heavy (non-hydrogen) atoms. The second-order valence-electron chi connectivity index (χ2n) is 7.57. The molecule has 0 atom stereocenters. The molecule has 1 heterocycles. The molecule has 0 spiro atoms. The van der Waals surface area contributed by atoms with E-state index in [1.807, 2.05) is 18.2 Å². The van der Waals surface area contributed by atoms with Gasteiger partial charge in [0.1, 0.15) is 5.75 Å². The number of ketones is 2. The van der Waals surface area contributed by atoms with Crippen molar-refractivity contribution >= 4 is 21.6 Å². The van der Waals surface area contributed by atoms with E-state index in [1.54, 1.807) is 36.4 Å². The second kappa shape index (κ2) is 9.46. The normalized spacial score (nSPS) is 14.2. The SMILES string of the molecule is O=C(COc1ccc(C(=O)c2ccccc2)cc1)c1ccc(S(=O)(=O)N2CCCC2)cc1. The van der Waals surface area contributed by atoms with Gasteiger partial charge in [0.2, 0.25) is 10.0 Å². The van der Waals surface area contributed by atoms with Gasteiger partial charge in [-0.05, 0) is 61.4 Å². The number of ether oxygens (including phenoxy) is 1. The summed E-state index contributed by atoms with van der Waals surface area (Å²) >= 11 is 0. The topological polar surface area (TPSA) is 80.8 Å². The van der Waals surface area contributed by atoms with Gasteiger partial charge in [0.05, 0.1) is 4.90 Å². The highest BCUT2D eigenvalue weighted by Gasteiger charge is 2.27. The second-order valence-corrected chi connectivity index (χ2v) is 9.50. The van der Waals surface area contributed by atoms with Gasteiger partial charge in [0, 0.05) is 29.8 Å². The van der Waals surface area contributed by atoms with Gasteiger partial charge in [-0.3, -0.25) is 9.59 Å². The van der Waals surface area contributed by atoms with Crippen LogP contribution >= 0.6 is 0 Å². The Kier molecular flexibility index (Phi) is 6.48. The largest absolute Gasteiger partial charge is 0.485 e. The van der Waals surface area contributed by atoms with E-state index in [4.69, 9.17) is 4.74 Å². The van der Waals surface area contributed by atoms with Crippen LogP contribution in [0.3, 0.4) is 0 Å². The van der Waals surface area contributed by atoms with E-state index in [2.05, 4.69) is 0 Å². The molecular weight excluding hydrogens is 426 g/mol. The quantitative estimate of drug-likeness (QED) is 0.486. The molecular formula is C25H23NO5S. The molecule has 7 heteroatoms. The summed E-state index contributed by atoms with van der Waals surface area (Å²) in [6.07, 6.45) is 1.74. The number of carbonyl (C=O) groups excluding carboxylic acids is 2. The summed E-state index contributed by atoms with van der Waals surface area (Å²) in [6.45, 7) is 0.878. The molecule has 1 saturated heterocycles. The van der Waals surface area contributed by atoms with Crippen LogP contribution in [0.4, 0.5) is 0 Å². The van der Waals surface area contributed by atoms with Crippen LogP contribution in [-0.4, -0.2) is 44.0 Å². The predicted molar refractivity (Wildman–Crippen MR) is 121 cm³/mol. The van der Waals surface area contributed by atoms with Crippen LogP contribution in [0, 0.1) is 0 Å². The third-order valence-electron chi connectivity index (χ3n) is 5.40. The average Bonchev–Trinajstić information content (AvgIpc) is 3.39. The Balaban J connectivity index is 1.36. The lowest BCUT2D eigenvalue weighted by Crippen LogP contribution is -2.27. The van der Waals surface area contributed by atoms with Crippen molar-refractivity contribution in [2.24, 2.45) is 0 Å². The van der Waals surface area contributed by atoms with E-state index in [-0.39, 0.29) is 23.1 Å². The average molecular weight is 450 g/mol. The molecule has 3 aromatic carbocycles. The smallest absolute Gasteiger partial charge is 0.243 e. The minimum atomic E-state index is -3.50. The molecule has 0 aliphatic carbocycles. The van der Waals surface area contributed by atoms with Gasteiger partial charge in [0.25, 0.3) is 0 Å². The molecule has 0 unspecified atom stereocenters. The molecule has 0 radical (unpaired) electrons. The Morgan fingerprint density at radius 1 is 0.750 bits per heavy atom. The fraction of sp³-hybridized carbons (Fsp3) is 0.200. The number of Topliss-reactive ketones (excluding diaryl/α,β-unsaturated/α-hetero) is 1. The highest BCUT2D eigenvalue weighted by molar-refractivity contribution is 7.89. The van der Waals surface area contributed by atoms with E-state index < -0.39 is 10.0 Å². The number of rotatable bonds is 8. The molecule has 0 bridgehead atoms. The summed E-state index contributed by atoms with van der Waals surface area (Å²) in [5, 5.41) is 0. The van der Waals surface area contributed by atoms with Gasteiger partial charge in [-0.25, -0.2) is 8.42 Å². The minimum Gasteiger partial charge on any atom is -0.485 e. The zero-order valence-electron chi connectivity index (χ0n) is 17.4. The lowest BCUT2D eigenvalue weighted by Gasteiger charge is -2.15. The van der Waals surface area contributed by atoms with E-state index in [1.165, 1.54) is 28.6 Å². The summed E-state index contributed by atoms with van der Waals surface area (Å²) in [4.78, 5) is 25.1. The van der Waals surface area contributed by atoms with E-state index in [0.29, 0.717) is 35.5 Å². The summed E-state index contributed by atoms with van der Waals surface area (Å²) in [5.74, 6) is 0.118. The molecule has 0 amide bonds. The van der Waals surface area contributed by atoms with Crippen molar-refractivity contribution in [3.63, 3.8) is 0 Å². The van der Waals surface area contributed by atoms with Crippen LogP contribution in [0.2, 0.25) is 0 Å². The molecule has 0 N–H and O–H groups in total. The van der Waals surface area contributed by atoms with Crippen molar-refractivity contribution in [2.75, 3.05) is 19.7 Å². The van der Waals surface area contributed by atoms with Crippen LogP contribution in [0.1, 0.15) is 39.1 Å². The maximum absolute atomic E-state index is 12.6. The predicted octanol–water partition coefficient (Wildman–Crippen LogP) is 3.96. The Hall–Kier alpha value is -3.29. The molecule has 0 saturated carbocycles. The monoisotopic (exact) mass is 449 g/mol. The Bertz CT molecular complexity index is 1200. The summed E-state index contributed by atoms with van der Waals surface area (Å²) in [5.41, 5.74) is 1.51. The minimum absolute atomic E-state index is 0.0859. The lowest BCUT2D eigenvalue weighted by atomic mass is 10.0. The van der Waals surface area contributed by atoms with Gasteiger partial charge in [-0.1, -0.05) is 30.3 Å².